The van der Waals surface area contributed by atoms with E-state index in [9.17, 15) is 8.42 Å². The van der Waals surface area contributed by atoms with E-state index in [2.05, 4.69) is 15.2 Å². The Balaban J connectivity index is 0.00000208. The third kappa shape index (κ3) is 4.61. The first-order valence-electron chi connectivity index (χ1n) is 8.04. The van der Waals surface area contributed by atoms with Crippen LogP contribution < -0.4 is 10.5 Å². The number of rotatable bonds is 3. The molecule has 1 saturated carbocycles. The van der Waals surface area contributed by atoms with E-state index in [1.165, 1.54) is 37.0 Å². The van der Waals surface area contributed by atoms with Crippen LogP contribution in [0.25, 0.3) is 0 Å². The minimum absolute atomic E-state index is 0. The van der Waals surface area contributed by atoms with E-state index in [4.69, 9.17) is 5.14 Å². The van der Waals surface area contributed by atoms with E-state index < -0.39 is 10.0 Å². The van der Waals surface area contributed by atoms with Gasteiger partial charge in [0.05, 0.1) is 6.54 Å². The topological polar surface area (TPSA) is 87.8 Å². The van der Waals surface area contributed by atoms with Gasteiger partial charge in [-0.25, -0.2) is 13.6 Å². The predicted octanol–water partition coefficient (Wildman–Crippen LogP) is 2.21. The zero-order valence-electron chi connectivity index (χ0n) is 13.8. The maximum Gasteiger partial charge on any atom is 0.247 e. The summed E-state index contributed by atoms with van der Waals surface area (Å²) in [6, 6.07) is 3.36. The molecule has 0 spiro atoms. The van der Waals surface area contributed by atoms with E-state index in [0.29, 0.717) is 6.54 Å². The van der Waals surface area contributed by atoms with Crippen LogP contribution in [-0.2, 0) is 16.6 Å². The molecule has 2 aliphatic rings. The highest BCUT2D eigenvalue weighted by Crippen LogP contribution is 2.36. The molecule has 2 fully saturated rings. The third-order valence-electron chi connectivity index (χ3n) is 4.83. The average Bonchev–Trinajstić information content (AvgIpc) is 3.13. The fourth-order valence-corrected chi connectivity index (χ4v) is 5.40. The Morgan fingerprint density at radius 2 is 1.96 bits per heavy atom. The van der Waals surface area contributed by atoms with Gasteiger partial charge in [-0.3, -0.25) is 4.99 Å². The molecule has 2 heterocycles. The van der Waals surface area contributed by atoms with Gasteiger partial charge in [-0.2, -0.15) is 0 Å². The number of halogens is 1. The highest BCUT2D eigenvalue weighted by atomic mass is 127. The van der Waals surface area contributed by atoms with Crippen molar-refractivity contribution in [1.82, 2.24) is 10.2 Å². The monoisotopic (exact) mass is 484 g/mol. The van der Waals surface area contributed by atoms with Gasteiger partial charge in [-0.05, 0) is 36.8 Å². The number of thiophene rings is 1. The highest BCUT2D eigenvalue weighted by molar-refractivity contribution is 14.0. The molecule has 2 atom stereocenters. The number of nitrogens with zero attached hydrogens (tertiary/aromatic N) is 2. The Kier molecular flexibility index (Phi) is 6.91. The standard InChI is InChI=1S/C15H24N4O2S2.HI/c1-17-15(19-9-11-4-2-3-5-12(11)10-19)18-8-13-6-7-14(22-13)23(16,20)21;/h6-7,11-12H,2-5,8-10H2,1H3,(H,17,18)(H2,16,20,21);1H. The van der Waals surface area contributed by atoms with Crippen LogP contribution >= 0.6 is 35.3 Å². The molecule has 1 aliphatic carbocycles. The number of hydrogen-bond acceptors (Lipinski definition) is 4. The summed E-state index contributed by atoms with van der Waals surface area (Å²) in [7, 11) is -1.81. The zero-order valence-corrected chi connectivity index (χ0v) is 17.7. The van der Waals surface area contributed by atoms with Crippen LogP contribution in [0.15, 0.2) is 21.3 Å². The molecule has 1 aliphatic heterocycles. The van der Waals surface area contributed by atoms with Gasteiger partial charge in [0.1, 0.15) is 4.21 Å². The summed E-state index contributed by atoms with van der Waals surface area (Å²) in [6.45, 7) is 2.73. The summed E-state index contributed by atoms with van der Waals surface area (Å²) in [4.78, 5) is 7.67. The molecule has 136 valence electrons. The molecular weight excluding hydrogens is 459 g/mol. The number of sulfonamides is 1. The van der Waals surface area contributed by atoms with Crippen LogP contribution in [-0.4, -0.2) is 39.4 Å². The number of nitrogens with one attached hydrogen (secondary N) is 1. The molecule has 9 heteroatoms. The molecule has 3 rings (SSSR count). The second-order valence-electron chi connectivity index (χ2n) is 6.38. The van der Waals surface area contributed by atoms with Crippen molar-refractivity contribution < 1.29 is 8.42 Å². The van der Waals surface area contributed by atoms with Crippen LogP contribution in [0.3, 0.4) is 0 Å². The van der Waals surface area contributed by atoms with Crippen LogP contribution in [0.5, 0.6) is 0 Å². The minimum Gasteiger partial charge on any atom is -0.351 e. The SMILES string of the molecule is CN=C(NCc1ccc(S(N)(=O)=O)s1)N1CC2CCCCC2C1.I. The smallest absolute Gasteiger partial charge is 0.247 e. The van der Waals surface area contributed by atoms with Gasteiger partial charge in [0.25, 0.3) is 0 Å². The summed E-state index contributed by atoms with van der Waals surface area (Å²) in [5, 5.41) is 8.50. The first kappa shape index (κ1) is 19.9. The Morgan fingerprint density at radius 3 is 2.46 bits per heavy atom. The summed E-state index contributed by atoms with van der Waals surface area (Å²) in [5.74, 6) is 2.51. The van der Waals surface area contributed by atoms with Crippen LogP contribution in [0.4, 0.5) is 0 Å². The summed E-state index contributed by atoms with van der Waals surface area (Å²) in [6.07, 6.45) is 5.38. The molecule has 2 unspecified atom stereocenters. The number of nitrogens with two attached hydrogens (primary N) is 1. The number of hydrogen-bond donors (Lipinski definition) is 2. The van der Waals surface area contributed by atoms with E-state index in [-0.39, 0.29) is 28.2 Å². The molecule has 0 amide bonds. The van der Waals surface area contributed by atoms with Gasteiger partial charge in [-0.1, -0.05) is 12.8 Å². The maximum absolute atomic E-state index is 11.3. The van der Waals surface area contributed by atoms with Crippen molar-refractivity contribution in [3.63, 3.8) is 0 Å². The quantitative estimate of drug-likeness (QED) is 0.391. The molecule has 6 nitrogen and oxygen atoms in total. The first-order chi connectivity index (χ1) is 11.0. The van der Waals surface area contributed by atoms with Crippen molar-refractivity contribution in [2.45, 2.75) is 36.4 Å². The second kappa shape index (κ2) is 8.33. The van der Waals surface area contributed by atoms with Crippen molar-refractivity contribution in [3.8, 4) is 0 Å². The molecule has 1 aromatic heterocycles. The lowest BCUT2D eigenvalue weighted by Crippen LogP contribution is -2.39. The maximum atomic E-state index is 11.3. The van der Waals surface area contributed by atoms with Crippen LogP contribution in [0.1, 0.15) is 30.6 Å². The summed E-state index contributed by atoms with van der Waals surface area (Å²) in [5.41, 5.74) is 0. The number of likely N-dealkylation sites (tertiary alicyclic amines) is 1. The average molecular weight is 484 g/mol. The number of primary sulfonamides is 1. The van der Waals surface area contributed by atoms with Gasteiger partial charge in [0, 0.05) is 25.0 Å². The Hall–Kier alpha value is -0.390. The van der Waals surface area contributed by atoms with E-state index in [1.807, 2.05) is 0 Å². The molecule has 0 radical (unpaired) electrons. The second-order valence-corrected chi connectivity index (χ2v) is 9.33. The predicted molar refractivity (Wildman–Crippen MR) is 108 cm³/mol. The van der Waals surface area contributed by atoms with Gasteiger partial charge in [-0.15, -0.1) is 35.3 Å². The molecule has 3 N–H and O–H groups in total. The number of aliphatic imine (C=N–C) groups is 1. The van der Waals surface area contributed by atoms with Crippen molar-refractivity contribution >= 4 is 51.3 Å². The fourth-order valence-electron chi connectivity index (χ4n) is 3.68. The number of guanidine groups is 1. The van der Waals surface area contributed by atoms with Crippen molar-refractivity contribution in [2.75, 3.05) is 20.1 Å². The van der Waals surface area contributed by atoms with Gasteiger partial charge < -0.3 is 10.2 Å². The van der Waals surface area contributed by atoms with Crippen LogP contribution in [0, 0.1) is 11.8 Å². The third-order valence-corrected chi connectivity index (χ3v) is 7.35. The van der Waals surface area contributed by atoms with Crippen molar-refractivity contribution in [1.29, 1.82) is 0 Å². The molecule has 0 aromatic carbocycles. The molecular formula is C15H25IN4O2S2. The van der Waals surface area contributed by atoms with E-state index in [0.717, 1.165) is 35.8 Å². The Labute approximate surface area is 165 Å². The fraction of sp³-hybridized carbons (Fsp3) is 0.667. The summed E-state index contributed by atoms with van der Waals surface area (Å²) >= 11 is 1.21. The van der Waals surface area contributed by atoms with E-state index >= 15 is 0 Å². The zero-order chi connectivity index (χ0) is 16.4. The molecule has 1 aromatic rings. The molecule has 24 heavy (non-hydrogen) atoms. The van der Waals surface area contributed by atoms with Gasteiger partial charge in [0.2, 0.25) is 10.0 Å². The van der Waals surface area contributed by atoms with Gasteiger partial charge in [0.15, 0.2) is 5.96 Å². The first-order valence-corrected chi connectivity index (χ1v) is 10.4. The normalized spacial score (nSPS) is 24.4. The highest BCUT2D eigenvalue weighted by Gasteiger charge is 2.35. The molecule has 1 saturated heterocycles. The Bertz CT molecular complexity index is 675. The van der Waals surface area contributed by atoms with Crippen molar-refractivity contribution in [2.24, 2.45) is 22.0 Å². The van der Waals surface area contributed by atoms with E-state index in [1.54, 1.807) is 19.2 Å². The summed E-state index contributed by atoms with van der Waals surface area (Å²) < 4.78 is 22.9. The Morgan fingerprint density at radius 1 is 1.33 bits per heavy atom. The largest absolute Gasteiger partial charge is 0.351 e. The lowest BCUT2D eigenvalue weighted by atomic mass is 9.82. The minimum atomic E-state index is -3.61. The lowest BCUT2D eigenvalue weighted by molar-refractivity contribution is 0.299. The van der Waals surface area contributed by atoms with Crippen molar-refractivity contribution in [3.05, 3.63) is 17.0 Å². The van der Waals surface area contributed by atoms with Gasteiger partial charge >= 0.3 is 0 Å². The molecule has 0 bridgehead atoms. The number of fused-ring (bicyclic) bond motifs is 1. The van der Waals surface area contributed by atoms with Crippen LogP contribution in [0.2, 0.25) is 0 Å². The lowest BCUT2D eigenvalue weighted by Gasteiger charge is -2.22.